The molecule has 3 heterocycles. The molecular formula is C25H24N4OS. The van der Waals surface area contributed by atoms with Crippen LogP contribution in [0.4, 0.5) is 0 Å². The van der Waals surface area contributed by atoms with Crippen molar-refractivity contribution in [1.82, 2.24) is 20.3 Å². The van der Waals surface area contributed by atoms with Crippen LogP contribution in [0.5, 0.6) is 0 Å². The van der Waals surface area contributed by atoms with Crippen molar-refractivity contribution in [3.05, 3.63) is 69.3 Å². The Morgan fingerprint density at radius 1 is 1.03 bits per heavy atom. The Kier molecular flexibility index (Phi) is 4.60. The molecule has 2 aliphatic carbocycles. The molecule has 2 N–H and O–H groups in total. The van der Waals surface area contributed by atoms with Crippen molar-refractivity contribution in [3.8, 4) is 11.3 Å². The molecule has 6 rings (SSSR count). The zero-order valence-corrected chi connectivity index (χ0v) is 18.1. The first kappa shape index (κ1) is 18.8. The van der Waals surface area contributed by atoms with E-state index < -0.39 is 0 Å². The summed E-state index contributed by atoms with van der Waals surface area (Å²) in [5, 5.41) is 4.36. The van der Waals surface area contributed by atoms with Crippen LogP contribution >= 0.6 is 11.3 Å². The molecule has 1 amide bonds. The van der Waals surface area contributed by atoms with Gasteiger partial charge >= 0.3 is 0 Å². The maximum Gasteiger partial charge on any atom is 0.261 e. The molecule has 156 valence electrons. The number of nitrogens with one attached hydrogen (secondary N) is 2. The van der Waals surface area contributed by atoms with Crippen molar-refractivity contribution in [1.29, 1.82) is 0 Å². The second-order valence-corrected chi connectivity index (χ2v) is 9.70. The van der Waals surface area contributed by atoms with Crippen LogP contribution in [0.3, 0.4) is 0 Å². The third-order valence-corrected chi connectivity index (χ3v) is 7.85. The van der Waals surface area contributed by atoms with E-state index in [1.807, 2.05) is 12.3 Å². The number of hydrogen-bond donors (Lipinski definition) is 2. The molecule has 0 radical (unpaired) electrons. The highest BCUT2D eigenvalue weighted by atomic mass is 32.1. The number of carbonyl (C=O) groups excluding carboxylic acids is 1. The van der Waals surface area contributed by atoms with Crippen LogP contribution in [0.1, 0.15) is 63.0 Å². The van der Waals surface area contributed by atoms with Gasteiger partial charge in [-0.15, -0.1) is 11.3 Å². The molecule has 1 atom stereocenters. The van der Waals surface area contributed by atoms with Crippen molar-refractivity contribution >= 4 is 28.3 Å². The van der Waals surface area contributed by atoms with E-state index in [0.29, 0.717) is 0 Å². The number of nitrogens with zero attached hydrogens (tertiary/aromatic N) is 2. The normalized spacial score (nSPS) is 17.9. The first-order chi connectivity index (χ1) is 15.3. The van der Waals surface area contributed by atoms with Gasteiger partial charge in [-0.25, -0.2) is 9.97 Å². The molecule has 0 bridgehead atoms. The van der Waals surface area contributed by atoms with Crippen LogP contribution in [0.25, 0.3) is 22.3 Å². The van der Waals surface area contributed by atoms with Gasteiger partial charge in [-0.2, -0.15) is 0 Å². The summed E-state index contributed by atoms with van der Waals surface area (Å²) >= 11 is 1.69. The fraction of sp³-hybridized carbons (Fsp3) is 0.320. The second kappa shape index (κ2) is 7.61. The smallest absolute Gasteiger partial charge is 0.261 e. The highest BCUT2D eigenvalue weighted by Gasteiger charge is 2.25. The summed E-state index contributed by atoms with van der Waals surface area (Å²) in [5.41, 5.74) is 6.83. The lowest BCUT2D eigenvalue weighted by molar-refractivity contribution is 0.0937. The second-order valence-electron chi connectivity index (χ2n) is 8.56. The number of aromatic nitrogens is 3. The van der Waals surface area contributed by atoms with E-state index in [9.17, 15) is 4.79 Å². The van der Waals surface area contributed by atoms with Crippen LogP contribution in [0.2, 0.25) is 0 Å². The minimum absolute atomic E-state index is 0.0714. The van der Waals surface area contributed by atoms with Crippen LogP contribution in [0.15, 0.2) is 42.9 Å². The number of rotatable bonds is 3. The number of amides is 1. The third kappa shape index (κ3) is 3.35. The molecule has 4 aromatic rings. The summed E-state index contributed by atoms with van der Waals surface area (Å²) in [4.78, 5) is 27.3. The summed E-state index contributed by atoms with van der Waals surface area (Å²) in [6, 6.07) is 10.8. The Labute approximate surface area is 185 Å². The van der Waals surface area contributed by atoms with Gasteiger partial charge in [0.15, 0.2) is 0 Å². The lowest BCUT2D eigenvalue weighted by atomic mass is 9.86. The van der Waals surface area contributed by atoms with Gasteiger partial charge in [-0.05, 0) is 79.8 Å². The van der Waals surface area contributed by atoms with E-state index in [4.69, 9.17) is 0 Å². The van der Waals surface area contributed by atoms with Crippen LogP contribution < -0.4 is 5.32 Å². The van der Waals surface area contributed by atoms with Crippen molar-refractivity contribution in [3.63, 3.8) is 0 Å². The van der Waals surface area contributed by atoms with Gasteiger partial charge in [0.2, 0.25) is 0 Å². The van der Waals surface area contributed by atoms with E-state index in [2.05, 4.69) is 44.5 Å². The number of fused-ring (bicyclic) bond motifs is 3. The maximum atomic E-state index is 13.0. The summed E-state index contributed by atoms with van der Waals surface area (Å²) < 4.78 is 0. The minimum Gasteiger partial charge on any atom is -0.346 e. The Bertz CT molecular complexity index is 1260. The molecule has 0 aliphatic heterocycles. The van der Waals surface area contributed by atoms with Crippen LogP contribution in [-0.2, 0) is 19.3 Å². The summed E-state index contributed by atoms with van der Waals surface area (Å²) in [6.45, 7) is 0. The molecule has 0 saturated carbocycles. The largest absolute Gasteiger partial charge is 0.346 e. The zero-order chi connectivity index (χ0) is 20.8. The number of aromatic amines is 1. The van der Waals surface area contributed by atoms with Gasteiger partial charge in [0.05, 0.1) is 16.6 Å². The zero-order valence-electron chi connectivity index (χ0n) is 17.3. The molecule has 0 fully saturated rings. The third-order valence-electron chi connectivity index (χ3n) is 6.61. The molecule has 0 saturated heterocycles. The Morgan fingerprint density at radius 3 is 2.87 bits per heavy atom. The number of aryl methyl sites for hydroxylation is 3. The number of benzene rings is 1. The van der Waals surface area contributed by atoms with Crippen molar-refractivity contribution in [2.75, 3.05) is 0 Å². The lowest BCUT2D eigenvalue weighted by Gasteiger charge is -2.27. The highest BCUT2D eigenvalue weighted by molar-refractivity contribution is 7.14. The predicted octanol–water partition coefficient (Wildman–Crippen LogP) is 5.37. The minimum atomic E-state index is 0.0714. The van der Waals surface area contributed by atoms with Crippen molar-refractivity contribution < 1.29 is 4.79 Å². The van der Waals surface area contributed by atoms with Crippen LogP contribution in [0, 0.1) is 0 Å². The molecule has 1 aromatic carbocycles. The maximum absolute atomic E-state index is 13.0. The first-order valence-electron chi connectivity index (χ1n) is 11.1. The summed E-state index contributed by atoms with van der Waals surface area (Å²) in [7, 11) is 0. The van der Waals surface area contributed by atoms with Gasteiger partial charge in [-0.3, -0.25) is 4.79 Å². The lowest BCUT2D eigenvalue weighted by Crippen LogP contribution is -2.30. The van der Waals surface area contributed by atoms with Gasteiger partial charge in [0.25, 0.3) is 5.91 Å². The van der Waals surface area contributed by atoms with Gasteiger partial charge in [0, 0.05) is 22.0 Å². The molecule has 3 aromatic heterocycles. The predicted molar refractivity (Wildman–Crippen MR) is 123 cm³/mol. The average molecular weight is 429 g/mol. The number of thiophene rings is 1. The molecule has 0 unspecified atom stereocenters. The monoisotopic (exact) mass is 428 g/mol. The van der Waals surface area contributed by atoms with Crippen molar-refractivity contribution in [2.45, 2.75) is 51.0 Å². The highest BCUT2D eigenvalue weighted by Crippen LogP contribution is 2.35. The van der Waals surface area contributed by atoms with E-state index in [0.717, 1.165) is 59.3 Å². The van der Waals surface area contributed by atoms with Gasteiger partial charge in [-0.1, -0.05) is 12.1 Å². The molecule has 6 heteroatoms. The van der Waals surface area contributed by atoms with E-state index in [1.165, 1.54) is 34.4 Å². The topological polar surface area (TPSA) is 70.7 Å². The Morgan fingerprint density at radius 2 is 1.94 bits per heavy atom. The summed E-state index contributed by atoms with van der Waals surface area (Å²) in [5.74, 6) is 0.0751. The SMILES string of the molecule is O=C(N[C@H]1CCCc2cc(-c3ncnc4[nH]ccc34)ccc21)c1cc2c(s1)CCCC2. The van der Waals surface area contributed by atoms with Gasteiger partial charge < -0.3 is 10.3 Å². The van der Waals surface area contributed by atoms with E-state index in [1.54, 1.807) is 17.7 Å². The fourth-order valence-corrected chi connectivity index (χ4v) is 6.20. The Hall–Kier alpha value is -2.99. The average Bonchev–Trinajstić information content (AvgIpc) is 3.46. The standard InChI is InChI=1S/C25H24N4OS/c30-25(22-13-16-4-1-2-7-21(16)31-22)29-20-6-3-5-15-12-17(8-9-18(15)20)23-19-10-11-26-24(19)28-14-27-23/h8-14,20H,1-7H2,(H,29,30)(H,26,27,28)/t20-/m0/s1. The molecule has 0 spiro atoms. The van der Waals surface area contributed by atoms with Crippen LogP contribution in [-0.4, -0.2) is 20.9 Å². The quantitative estimate of drug-likeness (QED) is 0.461. The number of carbonyl (C=O) groups is 1. The molecule has 5 nitrogen and oxygen atoms in total. The van der Waals surface area contributed by atoms with Crippen molar-refractivity contribution in [2.24, 2.45) is 0 Å². The first-order valence-corrected chi connectivity index (χ1v) is 11.9. The van der Waals surface area contributed by atoms with E-state index >= 15 is 0 Å². The van der Waals surface area contributed by atoms with Gasteiger partial charge in [0.1, 0.15) is 12.0 Å². The fourth-order valence-electron chi connectivity index (χ4n) is 5.05. The Balaban J connectivity index is 1.28. The van der Waals surface area contributed by atoms with E-state index in [-0.39, 0.29) is 11.9 Å². The number of H-pyrrole nitrogens is 1. The molecule has 31 heavy (non-hydrogen) atoms. The number of hydrogen-bond acceptors (Lipinski definition) is 4. The molecule has 2 aliphatic rings. The summed E-state index contributed by atoms with van der Waals surface area (Å²) in [6.07, 6.45) is 11.3. The molecular weight excluding hydrogens is 404 g/mol.